The SMILES string of the molecule is CC(C)n1cnnc1SC(C(=O)N1CCCC1)c1ccccc1. The molecule has 1 atom stereocenters. The monoisotopic (exact) mass is 330 g/mol. The van der Waals surface area contributed by atoms with Crippen LogP contribution < -0.4 is 0 Å². The molecule has 3 rings (SSSR count). The van der Waals surface area contributed by atoms with Crippen molar-refractivity contribution < 1.29 is 4.79 Å². The average Bonchev–Trinajstić information content (AvgIpc) is 3.24. The topological polar surface area (TPSA) is 51.0 Å². The van der Waals surface area contributed by atoms with Gasteiger partial charge in [-0.2, -0.15) is 0 Å². The van der Waals surface area contributed by atoms with Crippen LogP contribution in [0.5, 0.6) is 0 Å². The van der Waals surface area contributed by atoms with Gasteiger partial charge in [0.1, 0.15) is 11.6 Å². The maximum absolute atomic E-state index is 13.0. The van der Waals surface area contributed by atoms with E-state index in [9.17, 15) is 4.79 Å². The lowest BCUT2D eigenvalue weighted by Crippen LogP contribution is -2.31. The van der Waals surface area contributed by atoms with Crippen LogP contribution in [0.3, 0.4) is 0 Å². The third-order valence-corrected chi connectivity index (χ3v) is 5.28. The van der Waals surface area contributed by atoms with Gasteiger partial charge in [0.15, 0.2) is 5.16 Å². The molecule has 0 spiro atoms. The molecule has 122 valence electrons. The number of rotatable bonds is 5. The number of nitrogens with zero attached hydrogens (tertiary/aromatic N) is 4. The molecular formula is C17H22N4OS. The Morgan fingerprint density at radius 1 is 1.17 bits per heavy atom. The van der Waals surface area contributed by atoms with E-state index in [0.29, 0.717) is 0 Å². The predicted molar refractivity (Wildman–Crippen MR) is 91.3 cm³/mol. The minimum absolute atomic E-state index is 0.178. The molecule has 2 heterocycles. The lowest BCUT2D eigenvalue weighted by Gasteiger charge is -2.23. The Morgan fingerprint density at radius 3 is 2.52 bits per heavy atom. The van der Waals surface area contributed by atoms with Gasteiger partial charge < -0.3 is 9.47 Å². The lowest BCUT2D eigenvalue weighted by molar-refractivity contribution is -0.129. The van der Waals surface area contributed by atoms with Crippen LogP contribution in [0.15, 0.2) is 41.8 Å². The molecule has 1 amide bonds. The highest BCUT2D eigenvalue weighted by atomic mass is 32.2. The molecule has 1 aliphatic rings. The van der Waals surface area contributed by atoms with E-state index in [0.717, 1.165) is 36.7 Å². The van der Waals surface area contributed by atoms with Crippen molar-refractivity contribution in [2.75, 3.05) is 13.1 Å². The molecule has 1 fully saturated rings. The average molecular weight is 330 g/mol. The first-order valence-corrected chi connectivity index (χ1v) is 8.94. The molecule has 0 aliphatic carbocycles. The normalized spacial score (nSPS) is 16.0. The Labute approximate surface area is 141 Å². The molecule has 0 radical (unpaired) electrons. The van der Waals surface area contributed by atoms with Crippen molar-refractivity contribution in [2.24, 2.45) is 0 Å². The molecule has 23 heavy (non-hydrogen) atoms. The molecular weight excluding hydrogens is 308 g/mol. The van der Waals surface area contributed by atoms with Crippen molar-refractivity contribution in [3.63, 3.8) is 0 Å². The fraction of sp³-hybridized carbons (Fsp3) is 0.471. The van der Waals surface area contributed by atoms with Gasteiger partial charge in [-0.1, -0.05) is 42.1 Å². The largest absolute Gasteiger partial charge is 0.341 e. The van der Waals surface area contributed by atoms with E-state index in [1.807, 2.05) is 39.8 Å². The minimum atomic E-state index is -0.268. The summed E-state index contributed by atoms with van der Waals surface area (Å²) in [5, 5.41) is 8.76. The van der Waals surface area contributed by atoms with Crippen LogP contribution in [0.2, 0.25) is 0 Å². The van der Waals surface area contributed by atoms with Crippen molar-refractivity contribution in [1.29, 1.82) is 0 Å². The standard InChI is InChI=1S/C17H22N4OS/c1-13(2)21-12-18-19-17(21)23-15(14-8-4-3-5-9-14)16(22)20-10-6-7-11-20/h3-5,8-9,12-13,15H,6-7,10-11H2,1-2H3. The van der Waals surface area contributed by atoms with Crippen molar-refractivity contribution in [3.8, 4) is 0 Å². The van der Waals surface area contributed by atoms with Crippen molar-refractivity contribution in [1.82, 2.24) is 19.7 Å². The number of amides is 1. The molecule has 1 aromatic heterocycles. The molecule has 5 nitrogen and oxygen atoms in total. The highest BCUT2D eigenvalue weighted by Crippen LogP contribution is 2.37. The zero-order valence-corrected chi connectivity index (χ0v) is 14.4. The van der Waals surface area contributed by atoms with Gasteiger partial charge in [0, 0.05) is 19.1 Å². The van der Waals surface area contributed by atoms with Gasteiger partial charge in [0.2, 0.25) is 5.91 Å². The van der Waals surface area contributed by atoms with Crippen LogP contribution in [-0.4, -0.2) is 38.7 Å². The summed E-state index contributed by atoms with van der Waals surface area (Å²) in [6.45, 7) is 5.90. The van der Waals surface area contributed by atoms with Gasteiger partial charge in [-0.3, -0.25) is 4.79 Å². The van der Waals surface area contributed by atoms with Gasteiger partial charge in [0.05, 0.1) is 0 Å². The van der Waals surface area contributed by atoms with Gasteiger partial charge in [-0.15, -0.1) is 10.2 Å². The third kappa shape index (κ3) is 3.58. The van der Waals surface area contributed by atoms with Crippen molar-refractivity contribution in [2.45, 2.75) is 43.1 Å². The van der Waals surface area contributed by atoms with Crippen LogP contribution in [0.25, 0.3) is 0 Å². The maximum atomic E-state index is 13.0. The van der Waals surface area contributed by atoms with Gasteiger partial charge >= 0.3 is 0 Å². The Hall–Kier alpha value is -1.82. The van der Waals surface area contributed by atoms with E-state index in [1.165, 1.54) is 11.8 Å². The summed E-state index contributed by atoms with van der Waals surface area (Å²) in [6.07, 6.45) is 3.93. The number of likely N-dealkylation sites (tertiary alicyclic amines) is 1. The second kappa shape index (κ2) is 7.17. The van der Waals surface area contributed by atoms with Gasteiger partial charge in [-0.25, -0.2) is 0 Å². The number of hydrogen-bond donors (Lipinski definition) is 0. The molecule has 1 aromatic carbocycles. The second-order valence-electron chi connectivity index (χ2n) is 6.06. The van der Waals surface area contributed by atoms with Crippen LogP contribution in [-0.2, 0) is 4.79 Å². The molecule has 0 N–H and O–H groups in total. The number of carbonyl (C=O) groups excluding carboxylic acids is 1. The van der Waals surface area contributed by atoms with E-state index in [4.69, 9.17) is 0 Å². The summed E-state index contributed by atoms with van der Waals surface area (Å²) < 4.78 is 2.01. The molecule has 1 unspecified atom stereocenters. The van der Waals surface area contributed by atoms with Crippen LogP contribution in [0, 0.1) is 0 Å². The van der Waals surface area contributed by atoms with E-state index >= 15 is 0 Å². The van der Waals surface area contributed by atoms with E-state index in [1.54, 1.807) is 6.33 Å². The highest BCUT2D eigenvalue weighted by molar-refractivity contribution is 8.00. The first-order chi connectivity index (χ1) is 11.2. The van der Waals surface area contributed by atoms with E-state index < -0.39 is 0 Å². The molecule has 0 bridgehead atoms. The number of thioether (sulfide) groups is 1. The van der Waals surface area contributed by atoms with E-state index in [2.05, 4.69) is 24.0 Å². The number of carbonyl (C=O) groups is 1. The maximum Gasteiger partial charge on any atom is 0.240 e. The number of aromatic nitrogens is 3. The molecule has 6 heteroatoms. The van der Waals surface area contributed by atoms with Gasteiger partial charge in [0.25, 0.3) is 0 Å². The molecule has 2 aromatic rings. The zero-order valence-electron chi connectivity index (χ0n) is 13.6. The van der Waals surface area contributed by atoms with Crippen molar-refractivity contribution >= 4 is 17.7 Å². The Bertz CT molecular complexity index is 650. The van der Waals surface area contributed by atoms with Crippen LogP contribution in [0.4, 0.5) is 0 Å². The summed E-state index contributed by atoms with van der Waals surface area (Å²) in [5.74, 6) is 0.178. The first kappa shape index (κ1) is 16.1. The van der Waals surface area contributed by atoms with Crippen molar-refractivity contribution in [3.05, 3.63) is 42.2 Å². The van der Waals surface area contributed by atoms with Crippen LogP contribution >= 0.6 is 11.8 Å². The summed E-state index contributed by atoms with van der Waals surface area (Å²) in [4.78, 5) is 15.0. The first-order valence-electron chi connectivity index (χ1n) is 8.06. The molecule has 1 aliphatic heterocycles. The molecule has 1 saturated heterocycles. The lowest BCUT2D eigenvalue weighted by atomic mass is 10.1. The zero-order chi connectivity index (χ0) is 16.2. The molecule has 0 saturated carbocycles. The van der Waals surface area contributed by atoms with Gasteiger partial charge in [-0.05, 0) is 32.3 Å². The summed E-state index contributed by atoms with van der Waals surface area (Å²) in [5.41, 5.74) is 1.02. The quantitative estimate of drug-likeness (QED) is 0.789. The Balaban J connectivity index is 1.89. The predicted octanol–water partition coefficient (Wildman–Crippen LogP) is 3.31. The summed E-state index contributed by atoms with van der Waals surface area (Å²) in [6, 6.07) is 10.2. The fourth-order valence-electron chi connectivity index (χ4n) is 2.77. The second-order valence-corrected chi connectivity index (χ2v) is 7.13. The summed E-state index contributed by atoms with van der Waals surface area (Å²) >= 11 is 1.50. The Kier molecular flexibility index (Phi) is 5.00. The Morgan fingerprint density at radius 2 is 1.87 bits per heavy atom. The third-order valence-electron chi connectivity index (χ3n) is 4.06. The fourth-order valence-corrected chi connectivity index (χ4v) is 4.00. The summed E-state index contributed by atoms with van der Waals surface area (Å²) in [7, 11) is 0. The van der Waals surface area contributed by atoms with Crippen LogP contribution in [0.1, 0.15) is 43.5 Å². The highest BCUT2D eigenvalue weighted by Gasteiger charge is 2.30. The number of hydrogen-bond acceptors (Lipinski definition) is 4. The minimum Gasteiger partial charge on any atom is -0.341 e. The smallest absolute Gasteiger partial charge is 0.240 e. The number of benzene rings is 1. The van der Waals surface area contributed by atoms with E-state index in [-0.39, 0.29) is 17.2 Å².